The van der Waals surface area contributed by atoms with E-state index in [9.17, 15) is 27.0 Å². The van der Waals surface area contributed by atoms with Crippen molar-refractivity contribution in [2.24, 2.45) is 9.98 Å². The van der Waals surface area contributed by atoms with E-state index in [1.807, 2.05) is 0 Å². The van der Waals surface area contributed by atoms with E-state index < -0.39 is 41.5 Å². The molecule has 32 heavy (non-hydrogen) atoms. The van der Waals surface area contributed by atoms with Crippen LogP contribution >= 0.6 is 0 Å². The van der Waals surface area contributed by atoms with Gasteiger partial charge in [0.25, 0.3) is 20.2 Å². The third-order valence-electron chi connectivity index (χ3n) is 3.84. The molecule has 0 aliphatic rings. The van der Waals surface area contributed by atoms with Gasteiger partial charge in [-0.05, 0) is 48.2 Å². The standard InChI is InChI=1S/C18H20N2O8S2.2Na/c21-17-5-3-15(29(23,24)25)9-13(17)11-19-7-1-2-8-20-12-14-10-16(30(26,27)28)4-6-18(14)22;;/h3-6,9-12,21-22H,1-2,7-8H2,(H,23,24,25)(H,26,27,28);;/q;2*+1/p-2. The summed E-state index contributed by atoms with van der Waals surface area (Å²) < 4.78 is 62.4. The molecule has 2 aromatic rings. The predicted octanol–water partition coefficient (Wildman–Crippen LogP) is -5.35. The summed E-state index contributed by atoms with van der Waals surface area (Å²) in [6.07, 6.45) is 3.61. The van der Waals surface area contributed by atoms with Gasteiger partial charge in [-0.15, -0.1) is 0 Å². The van der Waals surface area contributed by atoms with Crippen LogP contribution in [0.3, 0.4) is 0 Å². The Kier molecular flexibility index (Phi) is 13.5. The first-order valence-electron chi connectivity index (χ1n) is 8.55. The van der Waals surface area contributed by atoms with E-state index in [0.717, 1.165) is 36.4 Å². The first-order chi connectivity index (χ1) is 14.0. The van der Waals surface area contributed by atoms with Crippen LogP contribution in [0.1, 0.15) is 24.0 Å². The Balaban J connectivity index is 0.00000480. The Morgan fingerprint density at radius 1 is 0.719 bits per heavy atom. The van der Waals surface area contributed by atoms with Crippen molar-refractivity contribution in [1.29, 1.82) is 0 Å². The molecule has 10 nitrogen and oxygen atoms in total. The Hall–Kier alpha value is -0.800. The van der Waals surface area contributed by atoms with Gasteiger partial charge in [-0.25, -0.2) is 0 Å². The smallest absolute Gasteiger partial charge is 0.872 e. The Bertz CT molecular complexity index is 1090. The maximum Gasteiger partial charge on any atom is 1.00 e. The van der Waals surface area contributed by atoms with Gasteiger partial charge in [0.2, 0.25) is 0 Å². The molecule has 0 radical (unpaired) electrons. The molecule has 0 atom stereocenters. The summed E-state index contributed by atoms with van der Waals surface area (Å²) in [5.74, 6) is -0.868. The molecule has 2 aromatic carbocycles. The predicted molar refractivity (Wildman–Crippen MR) is 106 cm³/mol. The second-order valence-corrected chi connectivity index (χ2v) is 8.97. The summed E-state index contributed by atoms with van der Waals surface area (Å²) in [6.45, 7) is 0.659. The molecule has 14 heteroatoms. The van der Waals surface area contributed by atoms with E-state index in [2.05, 4.69) is 9.98 Å². The summed E-state index contributed by atoms with van der Waals surface area (Å²) in [5.41, 5.74) is 0.0645. The number of hydrogen-bond acceptors (Lipinski definition) is 8. The molecular weight excluding hydrogens is 482 g/mol. The molecule has 0 aromatic heterocycles. The minimum Gasteiger partial charge on any atom is -0.872 e. The molecule has 0 spiro atoms. The van der Waals surface area contributed by atoms with Crippen LogP contribution in [0.5, 0.6) is 11.5 Å². The topological polar surface area (TPSA) is 180 Å². The van der Waals surface area contributed by atoms with E-state index in [0.29, 0.717) is 25.9 Å². The average Bonchev–Trinajstić information content (AvgIpc) is 2.64. The Morgan fingerprint density at radius 2 is 1.06 bits per heavy atom. The SMILES string of the molecule is O=S(=O)(O)c1ccc([O-])c(C=NCCCCN=Cc2cc(S(=O)(=O)O)ccc2[O-])c1.[Na+].[Na+]. The summed E-state index contributed by atoms with van der Waals surface area (Å²) in [5, 5.41) is 23.4. The first kappa shape index (κ1) is 31.2. The monoisotopic (exact) mass is 500 g/mol. The van der Waals surface area contributed by atoms with Gasteiger partial charge in [0.05, 0.1) is 9.79 Å². The molecule has 0 aliphatic carbocycles. The molecule has 0 amide bonds. The van der Waals surface area contributed by atoms with Crippen LogP contribution < -0.4 is 69.3 Å². The number of rotatable bonds is 9. The molecule has 0 bridgehead atoms. The van der Waals surface area contributed by atoms with E-state index in [1.165, 1.54) is 12.4 Å². The molecular formula is C18H18N2Na2O8S2. The van der Waals surface area contributed by atoms with Crippen LogP contribution in [-0.2, 0) is 20.2 Å². The maximum absolute atomic E-state index is 11.7. The normalized spacial score (nSPS) is 11.9. The zero-order valence-electron chi connectivity index (χ0n) is 17.5. The van der Waals surface area contributed by atoms with E-state index >= 15 is 0 Å². The quantitative estimate of drug-likeness (QED) is 0.148. The summed E-state index contributed by atoms with van der Waals surface area (Å²) in [4.78, 5) is 7.28. The van der Waals surface area contributed by atoms with Crippen molar-refractivity contribution in [2.45, 2.75) is 22.6 Å². The minimum atomic E-state index is -4.41. The van der Waals surface area contributed by atoms with Crippen LogP contribution in [0.15, 0.2) is 56.2 Å². The van der Waals surface area contributed by atoms with Gasteiger partial charge in [0.15, 0.2) is 0 Å². The Morgan fingerprint density at radius 3 is 1.38 bits per heavy atom. The second-order valence-electron chi connectivity index (χ2n) is 6.13. The van der Waals surface area contributed by atoms with Gasteiger partial charge >= 0.3 is 59.1 Å². The molecule has 0 fully saturated rings. The Labute approximate surface area is 230 Å². The molecule has 162 valence electrons. The summed E-state index contributed by atoms with van der Waals surface area (Å²) in [7, 11) is -8.82. The van der Waals surface area contributed by atoms with E-state index in [1.54, 1.807) is 0 Å². The fourth-order valence-electron chi connectivity index (χ4n) is 2.31. The van der Waals surface area contributed by atoms with Crippen molar-refractivity contribution < 1.29 is 95.3 Å². The number of nitrogens with zero attached hydrogens (tertiary/aromatic N) is 2. The van der Waals surface area contributed by atoms with Gasteiger partial charge < -0.3 is 10.2 Å². The molecule has 2 N–H and O–H groups in total. The third-order valence-corrected chi connectivity index (χ3v) is 5.54. The second kappa shape index (κ2) is 13.8. The molecule has 0 saturated carbocycles. The maximum atomic E-state index is 11.7. The van der Waals surface area contributed by atoms with Gasteiger partial charge in [0, 0.05) is 25.5 Å². The van der Waals surface area contributed by atoms with Crippen LogP contribution in [-0.4, -0.2) is 51.5 Å². The fourth-order valence-corrected chi connectivity index (χ4v) is 3.34. The minimum absolute atomic E-state index is 0. The fraction of sp³-hybridized carbons (Fsp3) is 0.222. The van der Waals surface area contributed by atoms with Crippen molar-refractivity contribution >= 4 is 32.7 Å². The van der Waals surface area contributed by atoms with Crippen molar-refractivity contribution in [2.75, 3.05) is 13.1 Å². The zero-order valence-corrected chi connectivity index (χ0v) is 23.1. The van der Waals surface area contributed by atoms with Crippen LogP contribution in [0.4, 0.5) is 0 Å². The van der Waals surface area contributed by atoms with Crippen molar-refractivity contribution in [3.05, 3.63) is 47.5 Å². The molecule has 0 aliphatic heterocycles. The van der Waals surface area contributed by atoms with Crippen molar-refractivity contribution in [1.82, 2.24) is 0 Å². The average molecular weight is 500 g/mol. The summed E-state index contributed by atoms with van der Waals surface area (Å²) >= 11 is 0. The van der Waals surface area contributed by atoms with Crippen LogP contribution in [0.2, 0.25) is 0 Å². The van der Waals surface area contributed by atoms with Gasteiger partial charge in [-0.2, -0.15) is 16.8 Å². The van der Waals surface area contributed by atoms with Crippen LogP contribution in [0.25, 0.3) is 0 Å². The van der Waals surface area contributed by atoms with E-state index in [4.69, 9.17) is 9.11 Å². The zero-order chi connectivity index (χ0) is 22.4. The molecule has 0 unspecified atom stereocenters. The third kappa shape index (κ3) is 10.00. The number of hydrogen-bond donors (Lipinski definition) is 2. The van der Waals surface area contributed by atoms with Gasteiger partial charge in [0.1, 0.15) is 0 Å². The van der Waals surface area contributed by atoms with Gasteiger partial charge in [-0.3, -0.25) is 19.1 Å². The van der Waals surface area contributed by atoms with Crippen molar-refractivity contribution in [3.8, 4) is 11.5 Å². The largest absolute Gasteiger partial charge is 1.00 e. The molecule has 2 rings (SSSR count). The first-order valence-corrected chi connectivity index (χ1v) is 11.4. The van der Waals surface area contributed by atoms with Crippen molar-refractivity contribution in [3.63, 3.8) is 0 Å². The number of unbranched alkanes of at least 4 members (excludes halogenated alkanes) is 1. The van der Waals surface area contributed by atoms with Gasteiger partial charge in [-0.1, -0.05) is 23.6 Å². The van der Waals surface area contributed by atoms with E-state index in [-0.39, 0.29) is 70.2 Å². The number of aliphatic imine (C=N–C) groups is 2. The molecule has 0 heterocycles. The summed E-state index contributed by atoms with van der Waals surface area (Å²) in [6, 6.07) is 6.14. The number of benzene rings is 2. The van der Waals surface area contributed by atoms with Crippen LogP contribution in [0, 0.1) is 0 Å². The molecule has 0 saturated heterocycles.